The fourth-order valence-corrected chi connectivity index (χ4v) is 8.33. The Labute approximate surface area is 412 Å². The molecule has 0 saturated heterocycles. The second-order valence-electron chi connectivity index (χ2n) is 19.1. The SMILES string of the molecule is C=CCOC(=O)C[C@H](NC(=O)c1cc(OC)c(OC)cc1OC[C@@H](Cc1ccccc1)NC(=O)CN(CCC1CCCCC1)C(=O)[C@H](CC1CC1)N(C)C(=O)OC(C)(C)C)C(=O)OCc1ccccc1. The molecule has 380 valence electrons. The van der Waals surface area contributed by atoms with Crippen molar-refractivity contribution in [2.45, 2.75) is 122 Å². The highest BCUT2D eigenvalue weighted by atomic mass is 16.6. The molecular weight excluding hydrogens is 897 g/mol. The lowest BCUT2D eigenvalue weighted by atomic mass is 9.87. The molecule has 0 aliphatic heterocycles. The van der Waals surface area contributed by atoms with E-state index in [1.54, 1.807) is 57.0 Å². The first kappa shape index (κ1) is 54.4. The Bertz CT molecular complexity index is 2200. The van der Waals surface area contributed by atoms with Gasteiger partial charge in [-0.2, -0.15) is 0 Å². The summed E-state index contributed by atoms with van der Waals surface area (Å²) in [6.45, 7) is 8.61. The van der Waals surface area contributed by atoms with E-state index in [0.717, 1.165) is 50.5 Å². The van der Waals surface area contributed by atoms with E-state index in [-0.39, 0.29) is 55.1 Å². The third-order valence-corrected chi connectivity index (χ3v) is 12.3. The van der Waals surface area contributed by atoms with Crippen LogP contribution in [-0.4, -0.2) is 117 Å². The van der Waals surface area contributed by atoms with Crippen molar-refractivity contribution in [1.29, 1.82) is 0 Å². The largest absolute Gasteiger partial charge is 0.493 e. The number of methoxy groups -OCH3 is 2. The summed E-state index contributed by atoms with van der Waals surface area (Å²) in [5.41, 5.74) is 0.746. The second-order valence-corrected chi connectivity index (χ2v) is 19.1. The first-order valence-corrected chi connectivity index (χ1v) is 24.3. The average molecular weight is 969 g/mol. The van der Waals surface area contributed by atoms with Crippen molar-refractivity contribution in [2.24, 2.45) is 11.8 Å². The number of amides is 4. The fraction of sp³-hybridized carbons (Fsp3) is 0.519. The summed E-state index contributed by atoms with van der Waals surface area (Å²) in [5, 5.41) is 5.74. The molecule has 0 bridgehead atoms. The summed E-state index contributed by atoms with van der Waals surface area (Å²) >= 11 is 0. The molecule has 3 atom stereocenters. The second kappa shape index (κ2) is 27.0. The van der Waals surface area contributed by atoms with Crippen molar-refractivity contribution >= 4 is 35.8 Å². The van der Waals surface area contributed by atoms with Crippen LogP contribution in [0.5, 0.6) is 17.2 Å². The van der Waals surface area contributed by atoms with E-state index in [1.165, 1.54) is 43.7 Å². The molecule has 0 heterocycles. The number of esters is 2. The van der Waals surface area contributed by atoms with Crippen LogP contribution in [0.4, 0.5) is 4.79 Å². The predicted molar refractivity (Wildman–Crippen MR) is 263 cm³/mol. The van der Waals surface area contributed by atoms with Crippen molar-refractivity contribution in [3.05, 3.63) is 102 Å². The molecule has 0 aromatic heterocycles. The Balaban J connectivity index is 1.40. The summed E-state index contributed by atoms with van der Waals surface area (Å²) in [4.78, 5) is 86.0. The van der Waals surface area contributed by atoms with Crippen molar-refractivity contribution in [2.75, 3.05) is 47.6 Å². The molecule has 0 radical (unpaired) electrons. The number of carbonyl (C=O) groups is 6. The molecular formula is C54H72N4O12. The van der Waals surface area contributed by atoms with Crippen LogP contribution in [0.3, 0.4) is 0 Å². The van der Waals surface area contributed by atoms with E-state index in [2.05, 4.69) is 17.2 Å². The Hall–Kier alpha value is -6.58. The number of ether oxygens (including phenoxy) is 6. The van der Waals surface area contributed by atoms with Gasteiger partial charge in [0.05, 0.1) is 38.8 Å². The molecule has 2 N–H and O–H groups in total. The van der Waals surface area contributed by atoms with Gasteiger partial charge in [-0.15, -0.1) is 0 Å². The van der Waals surface area contributed by atoms with Gasteiger partial charge in [-0.3, -0.25) is 24.1 Å². The summed E-state index contributed by atoms with van der Waals surface area (Å²) in [6.07, 6.45) is 9.24. The molecule has 2 saturated carbocycles. The Kier molecular flexibility index (Phi) is 21.0. The number of rotatable bonds is 26. The molecule has 2 fully saturated rings. The van der Waals surface area contributed by atoms with Gasteiger partial charge in [0.25, 0.3) is 5.91 Å². The lowest BCUT2D eigenvalue weighted by molar-refractivity contribution is -0.152. The number of nitrogens with zero attached hydrogens (tertiary/aromatic N) is 2. The molecule has 16 heteroatoms. The summed E-state index contributed by atoms with van der Waals surface area (Å²) in [6, 6.07) is 18.3. The molecule has 3 aromatic rings. The summed E-state index contributed by atoms with van der Waals surface area (Å²) < 4.78 is 33.9. The van der Waals surface area contributed by atoms with Crippen LogP contribution < -0.4 is 24.8 Å². The van der Waals surface area contributed by atoms with Gasteiger partial charge in [0, 0.05) is 25.7 Å². The van der Waals surface area contributed by atoms with E-state index in [0.29, 0.717) is 36.8 Å². The topological polar surface area (TPSA) is 188 Å². The Morgan fingerprint density at radius 1 is 0.800 bits per heavy atom. The molecule has 5 rings (SSSR count). The summed E-state index contributed by atoms with van der Waals surface area (Å²) in [7, 11) is 4.41. The predicted octanol–water partition coefficient (Wildman–Crippen LogP) is 7.61. The number of benzene rings is 3. The van der Waals surface area contributed by atoms with E-state index in [1.807, 2.05) is 36.4 Å². The van der Waals surface area contributed by atoms with Crippen molar-refractivity contribution < 1.29 is 57.2 Å². The molecule has 0 spiro atoms. The zero-order chi connectivity index (χ0) is 50.6. The minimum Gasteiger partial charge on any atom is -0.493 e. The van der Waals surface area contributed by atoms with Gasteiger partial charge in [-0.25, -0.2) is 9.59 Å². The van der Waals surface area contributed by atoms with Gasteiger partial charge < -0.3 is 44.0 Å². The quantitative estimate of drug-likeness (QED) is 0.0456. The van der Waals surface area contributed by atoms with Gasteiger partial charge in [-0.05, 0) is 63.0 Å². The number of hydrogen-bond donors (Lipinski definition) is 2. The molecule has 4 amide bonds. The van der Waals surface area contributed by atoms with Crippen LogP contribution >= 0.6 is 0 Å². The van der Waals surface area contributed by atoms with Crippen LogP contribution in [0, 0.1) is 11.8 Å². The normalized spacial score (nSPS) is 14.9. The van der Waals surface area contributed by atoms with E-state index >= 15 is 0 Å². The maximum atomic E-state index is 14.7. The third-order valence-electron chi connectivity index (χ3n) is 12.3. The molecule has 16 nitrogen and oxygen atoms in total. The zero-order valence-corrected chi connectivity index (χ0v) is 41.7. The van der Waals surface area contributed by atoms with Crippen molar-refractivity contribution in [1.82, 2.24) is 20.4 Å². The molecule has 0 unspecified atom stereocenters. The van der Waals surface area contributed by atoms with Crippen LogP contribution in [0.15, 0.2) is 85.5 Å². The monoisotopic (exact) mass is 969 g/mol. The van der Waals surface area contributed by atoms with Crippen LogP contribution in [0.1, 0.15) is 106 Å². The van der Waals surface area contributed by atoms with Gasteiger partial charge in [-0.1, -0.05) is 118 Å². The van der Waals surface area contributed by atoms with Gasteiger partial charge in [0.15, 0.2) is 11.5 Å². The van der Waals surface area contributed by atoms with Crippen LogP contribution in [-0.2, 0) is 46.4 Å². The number of carbonyl (C=O) groups excluding carboxylic acids is 6. The first-order chi connectivity index (χ1) is 33.6. The molecule has 70 heavy (non-hydrogen) atoms. The maximum absolute atomic E-state index is 14.7. The fourth-order valence-electron chi connectivity index (χ4n) is 8.33. The Morgan fingerprint density at radius 3 is 2.06 bits per heavy atom. The first-order valence-electron chi connectivity index (χ1n) is 24.3. The highest BCUT2D eigenvalue weighted by Crippen LogP contribution is 2.37. The van der Waals surface area contributed by atoms with Crippen LogP contribution in [0.25, 0.3) is 0 Å². The minimum atomic E-state index is -1.46. The minimum absolute atomic E-state index is 0.0190. The number of likely N-dealkylation sites (N-methyl/N-ethyl adjacent to an activating group) is 1. The molecule has 3 aromatic carbocycles. The average Bonchev–Trinajstić information content (AvgIpc) is 4.18. The number of hydrogen-bond acceptors (Lipinski definition) is 12. The summed E-state index contributed by atoms with van der Waals surface area (Å²) in [5.74, 6) is -2.04. The third kappa shape index (κ3) is 17.7. The van der Waals surface area contributed by atoms with Crippen molar-refractivity contribution in [3.63, 3.8) is 0 Å². The van der Waals surface area contributed by atoms with Gasteiger partial charge in [0.1, 0.15) is 43.3 Å². The molecule has 2 aliphatic rings. The highest BCUT2D eigenvalue weighted by molar-refractivity contribution is 6.00. The van der Waals surface area contributed by atoms with E-state index < -0.39 is 60.0 Å². The standard InChI is InChI=1S/C54H72N4O12/c1-8-28-67-49(60)32-43(52(63)69-35-40-22-16-11-17-23-40)56-50(61)42-31-46(65-6)47(66-7)33-45(42)68-36-41(29-38-20-14-10-15-21-38)55-48(59)34-58(27-26-37-18-12-9-13-19-37)51(62)44(30-39-24-25-39)57(5)53(64)70-54(2,3)4/h8,10-11,14-17,20-23,31,33,37,39,41,43-44H,1,9,12-13,18-19,24-30,32,34-36H2,2-7H3,(H,55,59)(H,56,61)/t41-,43+,44+/m1/s1. The van der Waals surface area contributed by atoms with Crippen molar-refractivity contribution in [3.8, 4) is 17.2 Å². The lowest BCUT2D eigenvalue weighted by Gasteiger charge is -2.34. The van der Waals surface area contributed by atoms with E-state index in [4.69, 9.17) is 28.4 Å². The Morgan fingerprint density at radius 2 is 1.44 bits per heavy atom. The highest BCUT2D eigenvalue weighted by Gasteiger charge is 2.38. The smallest absolute Gasteiger partial charge is 0.410 e. The number of nitrogens with one attached hydrogen (secondary N) is 2. The lowest BCUT2D eigenvalue weighted by Crippen LogP contribution is -2.54. The van der Waals surface area contributed by atoms with Crippen LogP contribution in [0.2, 0.25) is 0 Å². The zero-order valence-electron chi connectivity index (χ0n) is 41.7. The van der Waals surface area contributed by atoms with Gasteiger partial charge in [0.2, 0.25) is 11.8 Å². The van der Waals surface area contributed by atoms with Gasteiger partial charge >= 0.3 is 18.0 Å². The maximum Gasteiger partial charge on any atom is 0.410 e. The van der Waals surface area contributed by atoms with E-state index in [9.17, 15) is 28.8 Å². The molecule has 2 aliphatic carbocycles.